The van der Waals surface area contributed by atoms with E-state index in [0.29, 0.717) is 33.5 Å². The lowest BCUT2D eigenvalue weighted by Gasteiger charge is -2.28. The topological polar surface area (TPSA) is 41.8 Å². The first-order valence-corrected chi connectivity index (χ1v) is 6.87. The van der Waals surface area contributed by atoms with Gasteiger partial charge in [-0.25, -0.2) is 0 Å². The lowest BCUT2D eigenvalue weighted by Crippen LogP contribution is -2.21. The van der Waals surface area contributed by atoms with Crippen molar-refractivity contribution in [2.24, 2.45) is 5.16 Å². The van der Waals surface area contributed by atoms with Gasteiger partial charge < -0.3 is 9.94 Å². The SMILES string of the molecule is O/N=C1/C[C@@H](c2ccccc2)Oc2c(Cl)ccc(Cl)c21. The van der Waals surface area contributed by atoms with Crippen molar-refractivity contribution >= 4 is 28.9 Å². The fourth-order valence-electron chi connectivity index (χ4n) is 2.32. The number of nitrogens with zero attached hydrogens (tertiary/aromatic N) is 1. The second kappa shape index (κ2) is 5.35. The molecule has 0 aromatic heterocycles. The van der Waals surface area contributed by atoms with Crippen LogP contribution in [0.3, 0.4) is 0 Å². The van der Waals surface area contributed by atoms with Crippen molar-refractivity contribution in [2.75, 3.05) is 0 Å². The summed E-state index contributed by atoms with van der Waals surface area (Å²) in [4.78, 5) is 0. The third-order valence-electron chi connectivity index (χ3n) is 3.28. The van der Waals surface area contributed by atoms with E-state index >= 15 is 0 Å². The molecule has 2 aromatic rings. The first-order valence-electron chi connectivity index (χ1n) is 6.11. The maximum absolute atomic E-state index is 9.25. The molecule has 3 nitrogen and oxygen atoms in total. The molecule has 0 spiro atoms. The molecule has 0 radical (unpaired) electrons. The van der Waals surface area contributed by atoms with Crippen LogP contribution in [0.4, 0.5) is 0 Å². The molecule has 1 aliphatic heterocycles. The third-order valence-corrected chi connectivity index (χ3v) is 3.89. The monoisotopic (exact) mass is 307 g/mol. The van der Waals surface area contributed by atoms with Crippen molar-refractivity contribution in [1.82, 2.24) is 0 Å². The highest BCUT2D eigenvalue weighted by atomic mass is 35.5. The molecule has 0 saturated heterocycles. The minimum atomic E-state index is -0.245. The first-order chi connectivity index (χ1) is 9.70. The molecular formula is C15H11Cl2NO2. The first kappa shape index (κ1) is 13.3. The van der Waals surface area contributed by atoms with Gasteiger partial charge in [0.2, 0.25) is 0 Å². The van der Waals surface area contributed by atoms with Crippen molar-refractivity contribution in [2.45, 2.75) is 12.5 Å². The Morgan fingerprint density at radius 1 is 1.05 bits per heavy atom. The predicted octanol–water partition coefficient (Wildman–Crippen LogP) is 4.70. The summed E-state index contributed by atoms with van der Waals surface area (Å²) in [6.45, 7) is 0. The average Bonchev–Trinajstić information content (AvgIpc) is 2.51. The van der Waals surface area contributed by atoms with Gasteiger partial charge in [-0.1, -0.05) is 58.7 Å². The number of fused-ring (bicyclic) bond motifs is 1. The number of hydrogen-bond donors (Lipinski definition) is 1. The zero-order valence-electron chi connectivity index (χ0n) is 10.4. The largest absolute Gasteiger partial charge is 0.483 e. The van der Waals surface area contributed by atoms with Crippen LogP contribution >= 0.6 is 23.2 Å². The summed E-state index contributed by atoms with van der Waals surface area (Å²) in [5, 5.41) is 13.5. The molecular weight excluding hydrogens is 297 g/mol. The lowest BCUT2D eigenvalue weighted by molar-refractivity contribution is 0.203. The predicted molar refractivity (Wildman–Crippen MR) is 79.2 cm³/mol. The fraction of sp³-hybridized carbons (Fsp3) is 0.133. The van der Waals surface area contributed by atoms with Gasteiger partial charge in [0.1, 0.15) is 11.9 Å². The molecule has 0 amide bonds. The number of rotatable bonds is 1. The van der Waals surface area contributed by atoms with Gasteiger partial charge in [0.05, 0.1) is 21.3 Å². The Balaban J connectivity index is 2.10. The highest BCUT2D eigenvalue weighted by Crippen LogP contribution is 2.42. The van der Waals surface area contributed by atoms with Crippen LogP contribution in [0.15, 0.2) is 47.6 Å². The van der Waals surface area contributed by atoms with E-state index in [2.05, 4.69) is 5.16 Å². The number of benzene rings is 2. The minimum Gasteiger partial charge on any atom is -0.483 e. The van der Waals surface area contributed by atoms with Crippen LogP contribution in [0.5, 0.6) is 5.75 Å². The summed E-state index contributed by atoms with van der Waals surface area (Å²) in [7, 11) is 0. The molecule has 5 heteroatoms. The fourth-order valence-corrected chi connectivity index (χ4v) is 2.78. The molecule has 3 rings (SSSR count). The van der Waals surface area contributed by atoms with Gasteiger partial charge >= 0.3 is 0 Å². The van der Waals surface area contributed by atoms with Gasteiger partial charge in [0.15, 0.2) is 0 Å². The molecule has 102 valence electrons. The number of halogens is 2. The normalized spacial score (nSPS) is 19.5. The molecule has 2 aromatic carbocycles. The zero-order valence-corrected chi connectivity index (χ0v) is 11.9. The Hall–Kier alpha value is -1.71. The van der Waals surface area contributed by atoms with Gasteiger partial charge in [-0.2, -0.15) is 0 Å². The van der Waals surface area contributed by atoms with Crippen molar-refractivity contribution in [3.8, 4) is 5.75 Å². The third kappa shape index (κ3) is 2.23. The average molecular weight is 308 g/mol. The van der Waals surface area contributed by atoms with Gasteiger partial charge in [-0.3, -0.25) is 0 Å². The van der Waals surface area contributed by atoms with Gasteiger partial charge in [0, 0.05) is 6.42 Å². The Morgan fingerprint density at radius 3 is 2.45 bits per heavy atom. The number of ether oxygens (including phenoxy) is 1. The van der Waals surface area contributed by atoms with Crippen LogP contribution in [-0.4, -0.2) is 10.9 Å². The van der Waals surface area contributed by atoms with Crippen molar-refractivity contribution < 1.29 is 9.94 Å². The summed E-state index contributed by atoms with van der Waals surface area (Å²) in [6.07, 6.45) is 0.193. The Kier molecular flexibility index (Phi) is 3.55. The molecule has 20 heavy (non-hydrogen) atoms. The molecule has 0 saturated carbocycles. The summed E-state index contributed by atoms with van der Waals surface area (Å²) in [5.41, 5.74) is 2.04. The highest BCUT2D eigenvalue weighted by molar-refractivity contribution is 6.37. The minimum absolute atomic E-state index is 0.245. The van der Waals surface area contributed by atoms with Gasteiger partial charge in [-0.15, -0.1) is 0 Å². The maximum atomic E-state index is 9.25. The molecule has 0 aliphatic carbocycles. The highest BCUT2D eigenvalue weighted by Gasteiger charge is 2.30. The summed E-state index contributed by atoms with van der Waals surface area (Å²) in [5.74, 6) is 0.465. The van der Waals surface area contributed by atoms with Crippen LogP contribution in [-0.2, 0) is 0 Å². The Morgan fingerprint density at radius 2 is 1.75 bits per heavy atom. The van der Waals surface area contributed by atoms with Crippen LogP contribution in [0.25, 0.3) is 0 Å². The molecule has 0 unspecified atom stereocenters. The second-order valence-corrected chi connectivity index (χ2v) is 5.32. The smallest absolute Gasteiger partial charge is 0.149 e. The van der Waals surface area contributed by atoms with E-state index in [-0.39, 0.29) is 6.10 Å². The van der Waals surface area contributed by atoms with Crippen molar-refractivity contribution in [3.63, 3.8) is 0 Å². The standard InChI is InChI=1S/C15H11Cl2NO2/c16-10-6-7-11(17)15-14(10)12(18-19)8-13(20-15)9-4-2-1-3-5-9/h1-7,13,19H,8H2/b18-12-/t13-/m0/s1. The molecule has 0 bridgehead atoms. The van der Waals surface area contributed by atoms with Crippen molar-refractivity contribution in [1.29, 1.82) is 0 Å². The molecule has 1 heterocycles. The summed E-state index contributed by atoms with van der Waals surface area (Å²) in [6, 6.07) is 13.1. The maximum Gasteiger partial charge on any atom is 0.149 e. The van der Waals surface area contributed by atoms with Crippen LogP contribution in [0.2, 0.25) is 10.0 Å². The summed E-state index contributed by atoms with van der Waals surface area (Å²) >= 11 is 12.3. The Labute approximate surface area is 126 Å². The van der Waals surface area contributed by atoms with E-state index in [1.54, 1.807) is 12.1 Å². The van der Waals surface area contributed by atoms with E-state index in [4.69, 9.17) is 27.9 Å². The van der Waals surface area contributed by atoms with E-state index in [9.17, 15) is 5.21 Å². The van der Waals surface area contributed by atoms with E-state index in [0.717, 1.165) is 5.56 Å². The zero-order chi connectivity index (χ0) is 14.1. The van der Waals surface area contributed by atoms with Gasteiger partial charge in [0.25, 0.3) is 0 Å². The van der Waals surface area contributed by atoms with E-state index in [1.165, 1.54) is 0 Å². The second-order valence-electron chi connectivity index (χ2n) is 4.50. The van der Waals surface area contributed by atoms with Crippen molar-refractivity contribution in [3.05, 3.63) is 63.6 Å². The quantitative estimate of drug-likeness (QED) is 0.613. The number of hydrogen-bond acceptors (Lipinski definition) is 3. The van der Waals surface area contributed by atoms with Gasteiger partial charge in [-0.05, 0) is 17.7 Å². The molecule has 1 aliphatic rings. The van der Waals surface area contributed by atoms with E-state index < -0.39 is 0 Å². The molecule has 1 N–H and O–H groups in total. The van der Waals surface area contributed by atoms with Crippen LogP contribution in [0, 0.1) is 0 Å². The molecule has 1 atom stereocenters. The lowest BCUT2D eigenvalue weighted by atomic mass is 9.95. The summed E-state index contributed by atoms with van der Waals surface area (Å²) < 4.78 is 5.95. The Bertz CT molecular complexity index is 671. The van der Waals surface area contributed by atoms with Crippen LogP contribution in [0.1, 0.15) is 23.7 Å². The van der Waals surface area contributed by atoms with Crippen LogP contribution < -0.4 is 4.74 Å². The van der Waals surface area contributed by atoms with E-state index in [1.807, 2.05) is 30.3 Å². The number of oxime groups is 1. The molecule has 0 fully saturated rings.